The topological polar surface area (TPSA) is 9.23 Å². The second-order valence-corrected chi connectivity index (χ2v) is 6.50. The summed E-state index contributed by atoms with van der Waals surface area (Å²) >= 11 is 0. The molecule has 0 radical (unpaired) electrons. The molecule has 1 saturated carbocycles. The van der Waals surface area contributed by atoms with Crippen molar-refractivity contribution < 1.29 is 4.74 Å². The molecule has 1 aromatic carbocycles. The fourth-order valence-corrected chi connectivity index (χ4v) is 3.21. The van der Waals surface area contributed by atoms with E-state index in [1.807, 2.05) is 18.2 Å². The Morgan fingerprint density at radius 3 is 2.22 bits per heavy atom. The summed E-state index contributed by atoms with van der Waals surface area (Å²) in [7, 11) is 0. The Balaban J connectivity index is 2.19. The summed E-state index contributed by atoms with van der Waals surface area (Å²) in [6.07, 6.45) is 4.21. The zero-order chi connectivity index (χ0) is 13.4. The van der Waals surface area contributed by atoms with Crippen molar-refractivity contribution in [2.75, 3.05) is 0 Å². The van der Waals surface area contributed by atoms with E-state index in [2.05, 4.69) is 46.4 Å². The lowest BCUT2D eigenvalue weighted by atomic mass is 9.79. The molecule has 1 fully saturated rings. The molecule has 0 bridgehead atoms. The van der Waals surface area contributed by atoms with Crippen LogP contribution in [0, 0.1) is 11.3 Å². The van der Waals surface area contributed by atoms with Crippen molar-refractivity contribution in [2.24, 2.45) is 11.3 Å². The molecule has 0 aromatic heterocycles. The van der Waals surface area contributed by atoms with E-state index >= 15 is 0 Å². The molecule has 1 aliphatic rings. The fourth-order valence-electron chi connectivity index (χ4n) is 3.21. The van der Waals surface area contributed by atoms with Crippen LogP contribution in [0.15, 0.2) is 30.8 Å². The van der Waals surface area contributed by atoms with Gasteiger partial charge in [0.2, 0.25) is 0 Å². The van der Waals surface area contributed by atoms with Crippen molar-refractivity contribution in [3.63, 3.8) is 0 Å². The molecule has 0 heterocycles. The van der Waals surface area contributed by atoms with Gasteiger partial charge in [-0.1, -0.05) is 45.6 Å². The quantitative estimate of drug-likeness (QED) is 0.733. The number of hydrogen-bond donors (Lipinski definition) is 0. The first-order chi connectivity index (χ1) is 8.36. The summed E-state index contributed by atoms with van der Waals surface area (Å²) < 4.78 is 6.31. The summed E-state index contributed by atoms with van der Waals surface area (Å²) in [6, 6.07) is 8.19. The van der Waals surface area contributed by atoms with E-state index in [0.717, 1.165) is 23.7 Å². The Bertz CT molecular complexity index is 429. The fraction of sp³-hybridized carbons (Fsp3) is 0.529. The SMILES string of the molecule is C=Cc1ccc(OC2(C)CC(C)CC2(C)C)cc1. The standard InChI is InChI=1S/C17H24O/c1-6-14-7-9-15(10-8-14)18-17(5)12-13(2)11-16(17,3)4/h6-10,13H,1,11-12H2,2-5H3. The molecule has 2 unspecified atom stereocenters. The summed E-state index contributed by atoms with van der Waals surface area (Å²) in [6.45, 7) is 13.0. The van der Waals surface area contributed by atoms with Gasteiger partial charge in [0, 0.05) is 5.41 Å². The Labute approximate surface area is 111 Å². The minimum atomic E-state index is -0.0673. The van der Waals surface area contributed by atoms with Crippen molar-refractivity contribution in [3.8, 4) is 5.75 Å². The highest BCUT2D eigenvalue weighted by Gasteiger charge is 2.50. The maximum absolute atomic E-state index is 6.31. The van der Waals surface area contributed by atoms with E-state index in [0.29, 0.717) is 0 Å². The van der Waals surface area contributed by atoms with E-state index in [4.69, 9.17) is 4.74 Å². The number of benzene rings is 1. The highest BCUT2D eigenvalue weighted by atomic mass is 16.5. The zero-order valence-corrected chi connectivity index (χ0v) is 12.0. The summed E-state index contributed by atoms with van der Waals surface area (Å²) in [5.74, 6) is 1.70. The predicted molar refractivity (Wildman–Crippen MR) is 77.7 cm³/mol. The van der Waals surface area contributed by atoms with Crippen LogP contribution >= 0.6 is 0 Å². The van der Waals surface area contributed by atoms with Gasteiger partial charge in [0.1, 0.15) is 11.4 Å². The summed E-state index contributed by atoms with van der Waals surface area (Å²) in [5, 5.41) is 0. The van der Waals surface area contributed by atoms with Crippen LogP contribution in [0.3, 0.4) is 0 Å². The van der Waals surface area contributed by atoms with Crippen LogP contribution in [0.25, 0.3) is 6.08 Å². The van der Waals surface area contributed by atoms with Crippen LogP contribution in [-0.2, 0) is 0 Å². The van der Waals surface area contributed by atoms with Gasteiger partial charge in [-0.15, -0.1) is 0 Å². The van der Waals surface area contributed by atoms with Gasteiger partial charge in [-0.3, -0.25) is 0 Å². The Hall–Kier alpha value is -1.24. The van der Waals surface area contributed by atoms with Crippen molar-refractivity contribution in [2.45, 2.75) is 46.1 Å². The molecule has 0 N–H and O–H groups in total. The molecular weight excluding hydrogens is 220 g/mol. The van der Waals surface area contributed by atoms with E-state index in [1.165, 1.54) is 6.42 Å². The van der Waals surface area contributed by atoms with Gasteiger partial charge >= 0.3 is 0 Å². The van der Waals surface area contributed by atoms with Crippen LogP contribution in [0.2, 0.25) is 0 Å². The molecule has 1 aromatic rings. The lowest BCUT2D eigenvalue weighted by Gasteiger charge is -2.38. The van der Waals surface area contributed by atoms with Gasteiger partial charge < -0.3 is 4.74 Å². The van der Waals surface area contributed by atoms with Crippen LogP contribution in [-0.4, -0.2) is 5.60 Å². The molecule has 0 spiro atoms. The number of hydrogen-bond acceptors (Lipinski definition) is 1. The molecule has 0 amide bonds. The van der Waals surface area contributed by atoms with Crippen LogP contribution < -0.4 is 4.74 Å². The van der Waals surface area contributed by atoms with Gasteiger partial charge in [0.25, 0.3) is 0 Å². The van der Waals surface area contributed by atoms with Crippen molar-refractivity contribution >= 4 is 6.08 Å². The third-order valence-corrected chi connectivity index (χ3v) is 4.49. The first kappa shape index (κ1) is 13.2. The van der Waals surface area contributed by atoms with Gasteiger partial charge in [0.05, 0.1) is 0 Å². The largest absolute Gasteiger partial charge is 0.487 e. The maximum Gasteiger partial charge on any atom is 0.120 e. The monoisotopic (exact) mass is 244 g/mol. The smallest absolute Gasteiger partial charge is 0.120 e. The Morgan fingerprint density at radius 1 is 1.17 bits per heavy atom. The Kier molecular flexibility index (Phi) is 3.27. The third kappa shape index (κ3) is 2.31. The molecule has 2 rings (SSSR count). The van der Waals surface area contributed by atoms with Gasteiger partial charge in [0.15, 0.2) is 0 Å². The maximum atomic E-state index is 6.31. The molecule has 98 valence electrons. The minimum absolute atomic E-state index is 0.0673. The van der Waals surface area contributed by atoms with E-state index in [1.54, 1.807) is 0 Å². The molecule has 1 nitrogen and oxygen atoms in total. The molecular formula is C17H24O. The molecule has 1 heteroatoms. The lowest BCUT2D eigenvalue weighted by Crippen LogP contribution is -2.42. The highest BCUT2D eigenvalue weighted by Crippen LogP contribution is 2.50. The molecule has 2 atom stereocenters. The number of rotatable bonds is 3. The predicted octanol–water partition coefficient (Wildman–Crippen LogP) is 4.92. The van der Waals surface area contributed by atoms with Crippen molar-refractivity contribution in [1.29, 1.82) is 0 Å². The van der Waals surface area contributed by atoms with E-state index in [-0.39, 0.29) is 11.0 Å². The second-order valence-electron chi connectivity index (χ2n) is 6.50. The van der Waals surface area contributed by atoms with Crippen LogP contribution in [0.5, 0.6) is 5.75 Å². The molecule has 0 saturated heterocycles. The normalized spacial score (nSPS) is 30.1. The van der Waals surface area contributed by atoms with E-state index < -0.39 is 0 Å². The average molecular weight is 244 g/mol. The first-order valence-corrected chi connectivity index (χ1v) is 6.78. The number of ether oxygens (including phenoxy) is 1. The lowest BCUT2D eigenvalue weighted by molar-refractivity contribution is -0.000626. The van der Waals surface area contributed by atoms with E-state index in [9.17, 15) is 0 Å². The van der Waals surface area contributed by atoms with Crippen molar-refractivity contribution in [3.05, 3.63) is 36.4 Å². The highest BCUT2D eigenvalue weighted by molar-refractivity contribution is 5.48. The average Bonchev–Trinajstić information content (AvgIpc) is 2.48. The summed E-state index contributed by atoms with van der Waals surface area (Å²) in [5.41, 5.74) is 1.29. The minimum Gasteiger partial charge on any atom is -0.487 e. The zero-order valence-electron chi connectivity index (χ0n) is 12.0. The Morgan fingerprint density at radius 2 is 1.78 bits per heavy atom. The summed E-state index contributed by atoms with van der Waals surface area (Å²) in [4.78, 5) is 0. The van der Waals surface area contributed by atoms with Gasteiger partial charge in [-0.2, -0.15) is 0 Å². The molecule has 0 aliphatic heterocycles. The second kappa shape index (κ2) is 4.46. The third-order valence-electron chi connectivity index (χ3n) is 4.49. The van der Waals surface area contributed by atoms with Gasteiger partial charge in [-0.25, -0.2) is 0 Å². The molecule has 18 heavy (non-hydrogen) atoms. The van der Waals surface area contributed by atoms with Crippen molar-refractivity contribution in [1.82, 2.24) is 0 Å². The van der Waals surface area contributed by atoms with Crippen LogP contribution in [0.4, 0.5) is 0 Å². The van der Waals surface area contributed by atoms with Gasteiger partial charge in [-0.05, 0) is 43.4 Å². The van der Waals surface area contributed by atoms with Crippen LogP contribution in [0.1, 0.15) is 46.1 Å². The first-order valence-electron chi connectivity index (χ1n) is 6.78. The molecule has 1 aliphatic carbocycles.